The number of hydrogen-bond donors (Lipinski definition) is 3. The maximum atomic E-state index is 13.0. The van der Waals surface area contributed by atoms with Crippen molar-refractivity contribution in [1.29, 1.82) is 0 Å². The Balaban J connectivity index is 5.23. The van der Waals surface area contributed by atoms with Gasteiger partial charge < -0.3 is 33.8 Å². The van der Waals surface area contributed by atoms with Gasteiger partial charge in [0, 0.05) is 25.7 Å². The summed E-state index contributed by atoms with van der Waals surface area (Å²) in [4.78, 5) is 72.5. The van der Waals surface area contributed by atoms with Gasteiger partial charge in [0.15, 0.2) is 12.2 Å². The zero-order chi connectivity index (χ0) is 65.9. The molecular formula is C70H136O17P2. The molecule has 6 atom stereocenters. The highest BCUT2D eigenvalue weighted by atomic mass is 31.2. The molecule has 0 saturated heterocycles. The first-order valence-electron chi connectivity index (χ1n) is 36.4. The van der Waals surface area contributed by atoms with Gasteiger partial charge in [-0.3, -0.25) is 37.3 Å². The molecule has 0 amide bonds. The van der Waals surface area contributed by atoms with Gasteiger partial charge in [0.2, 0.25) is 0 Å². The van der Waals surface area contributed by atoms with Crippen LogP contribution in [0, 0.1) is 17.8 Å². The molecule has 0 bridgehead atoms. The van der Waals surface area contributed by atoms with Gasteiger partial charge in [-0.2, -0.15) is 0 Å². The molecular weight excluding hydrogens is 1170 g/mol. The van der Waals surface area contributed by atoms with Crippen molar-refractivity contribution in [2.75, 3.05) is 39.6 Å². The molecule has 19 heteroatoms. The van der Waals surface area contributed by atoms with Crippen molar-refractivity contribution in [3.8, 4) is 0 Å². The van der Waals surface area contributed by atoms with Gasteiger partial charge in [0.1, 0.15) is 19.3 Å². The van der Waals surface area contributed by atoms with Crippen LogP contribution in [-0.2, 0) is 65.4 Å². The zero-order valence-corrected chi connectivity index (χ0v) is 59.7. The predicted molar refractivity (Wildman–Crippen MR) is 358 cm³/mol. The highest BCUT2D eigenvalue weighted by molar-refractivity contribution is 7.47. The Kier molecular flexibility index (Phi) is 59.6. The molecule has 0 saturated carbocycles. The topological polar surface area (TPSA) is 237 Å². The Morgan fingerprint density at radius 1 is 0.326 bits per heavy atom. The molecule has 0 rings (SSSR count). The van der Waals surface area contributed by atoms with Crippen molar-refractivity contribution < 1.29 is 80.2 Å². The number of carbonyl (C=O) groups excluding carboxylic acids is 4. The van der Waals surface area contributed by atoms with E-state index < -0.39 is 97.5 Å². The van der Waals surface area contributed by atoms with E-state index in [1.54, 1.807) is 0 Å². The maximum absolute atomic E-state index is 13.0. The summed E-state index contributed by atoms with van der Waals surface area (Å²) >= 11 is 0. The van der Waals surface area contributed by atoms with E-state index in [1.165, 1.54) is 154 Å². The molecule has 3 N–H and O–H groups in total. The minimum atomic E-state index is -4.95. The summed E-state index contributed by atoms with van der Waals surface area (Å²) in [6.45, 7) is 11.8. The molecule has 3 unspecified atom stereocenters. The third kappa shape index (κ3) is 63.2. The average molecular weight is 1310 g/mol. The van der Waals surface area contributed by atoms with Crippen LogP contribution in [0.1, 0.15) is 350 Å². The number of hydrogen-bond acceptors (Lipinski definition) is 15. The lowest BCUT2D eigenvalue weighted by Crippen LogP contribution is -2.30. The van der Waals surface area contributed by atoms with E-state index in [2.05, 4.69) is 48.5 Å². The van der Waals surface area contributed by atoms with Crippen LogP contribution in [0.5, 0.6) is 0 Å². The Hall–Kier alpha value is -1.94. The lowest BCUT2D eigenvalue weighted by Gasteiger charge is -2.21. The zero-order valence-electron chi connectivity index (χ0n) is 57.9. The van der Waals surface area contributed by atoms with Crippen LogP contribution in [0.15, 0.2) is 0 Å². The smallest absolute Gasteiger partial charge is 0.462 e. The van der Waals surface area contributed by atoms with Crippen LogP contribution in [0.3, 0.4) is 0 Å². The normalized spacial score (nSPS) is 14.5. The minimum Gasteiger partial charge on any atom is -0.462 e. The monoisotopic (exact) mass is 1310 g/mol. The van der Waals surface area contributed by atoms with E-state index in [1.807, 2.05) is 0 Å². The summed E-state index contributed by atoms with van der Waals surface area (Å²) in [5, 5.41) is 10.6. The largest absolute Gasteiger partial charge is 0.472 e. The van der Waals surface area contributed by atoms with Crippen LogP contribution in [0.2, 0.25) is 0 Å². The SMILES string of the molecule is CCCCCCCCCCCCCCC(=O)OC[C@H](COP(=O)(O)OC[C@@H](O)COP(=O)(O)OC[C@@H](COC(=O)CCCCCCCCC(C)CC)OC(=O)CCCCCCCCCC(C)C)OC(=O)CCCCCCCCCCCCCCCCC(C)C. The summed E-state index contributed by atoms with van der Waals surface area (Å²) in [5.41, 5.74) is 0. The fourth-order valence-corrected chi connectivity index (χ4v) is 12.1. The van der Waals surface area contributed by atoms with Gasteiger partial charge in [0.25, 0.3) is 0 Å². The predicted octanol–water partition coefficient (Wildman–Crippen LogP) is 19.8. The van der Waals surface area contributed by atoms with Crippen molar-refractivity contribution >= 4 is 39.5 Å². The lowest BCUT2D eigenvalue weighted by molar-refractivity contribution is -0.161. The molecule has 0 aliphatic heterocycles. The highest BCUT2D eigenvalue weighted by Crippen LogP contribution is 2.45. The van der Waals surface area contributed by atoms with Crippen molar-refractivity contribution in [3.05, 3.63) is 0 Å². The summed E-state index contributed by atoms with van der Waals surface area (Å²) < 4.78 is 68.2. The number of phosphoric acid groups is 2. The fraction of sp³-hybridized carbons (Fsp3) is 0.943. The van der Waals surface area contributed by atoms with E-state index in [9.17, 15) is 43.2 Å². The molecule has 0 aromatic carbocycles. The molecule has 0 radical (unpaired) electrons. The van der Waals surface area contributed by atoms with Gasteiger partial charge in [-0.25, -0.2) is 9.13 Å². The Morgan fingerprint density at radius 3 is 0.854 bits per heavy atom. The molecule has 0 aromatic rings. The van der Waals surface area contributed by atoms with Gasteiger partial charge in [0.05, 0.1) is 26.4 Å². The Morgan fingerprint density at radius 2 is 0.573 bits per heavy atom. The number of aliphatic hydroxyl groups excluding tert-OH is 1. The molecule has 0 heterocycles. The first-order chi connectivity index (χ1) is 42.8. The summed E-state index contributed by atoms with van der Waals surface area (Å²) in [6, 6.07) is 0. The van der Waals surface area contributed by atoms with E-state index in [4.69, 9.17) is 37.0 Å². The van der Waals surface area contributed by atoms with Gasteiger partial charge in [-0.15, -0.1) is 0 Å². The van der Waals surface area contributed by atoms with Crippen molar-refractivity contribution in [1.82, 2.24) is 0 Å². The molecule has 89 heavy (non-hydrogen) atoms. The van der Waals surface area contributed by atoms with Gasteiger partial charge in [-0.1, -0.05) is 299 Å². The second-order valence-electron chi connectivity index (χ2n) is 26.5. The number of phosphoric ester groups is 2. The first kappa shape index (κ1) is 87.1. The van der Waals surface area contributed by atoms with Crippen LogP contribution < -0.4 is 0 Å². The molecule has 528 valence electrons. The van der Waals surface area contributed by atoms with Crippen molar-refractivity contribution in [3.63, 3.8) is 0 Å². The maximum Gasteiger partial charge on any atom is 0.472 e. The van der Waals surface area contributed by atoms with Crippen LogP contribution in [0.25, 0.3) is 0 Å². The van der Waals surface area contributed by atoms with E-state index in [0.717, 1.165) is 108 Å². The number of carbonyl (C=O) groups is 4. The van der Waals surface area contributed by atoms with Crippen molar-refractivity contribution in [2.45, 2.75) is 369 Å². The van der Waals surface area contributed by atoms with Crippen LogP contribution in [-0.4, -0.2) is 96.7 Å². The number of rotatable bonds is 68. The van der Waals surface area contributed by atoms with Gasteiger partial charge >= 0.3 is 39.5 Å². The summed E-state index contributed by atoms with van der Waals surface area (Å²) in [7, 11) is -9.90. The standard InChI is InChI=1S/C70H136O17P2/c1-8-10-11-12-13-14-15-21-24-29-37-44-51-67(72)80-57-65(86-69(74)53-46-39-30-25-22-19-17-16-18-20-23-27-34-41-48-61(3)4)59-84-88(76,77)82-55-64(71)56-83-89(78,79)85-60-66(87-70(75)54-47-40-31-26-28-35-42-49-62(5)6)58-81-68(73)52-45-38-33-32-36-43-50-63(7)9-2/h61-66,71H,8-60H2,1-7H3,(H,76,77)(H,78,79)/t63?,64-,65-,66-/m1/s1. The molecule has 17 nitrogen and oxygen atoms in total. The second-order valence-corrected chi connectivity index (χ2v) is 29.4. The van der Waals surface area contributed by atoms with Gasteiger partial charge in [-0.05, 0) is 43.4 Å². The number of unbranched alkanes of at least 4 members (excludes halogenated alkanes) is 35. The van der Waals surface area contributed by atoms with E-state index >= 15 is 0 Å². The number of esters is 4. The second kappa shape index (κ2) is 61.0. The lowest BCUT2D eigenvalue weighted by atomic mass is 10.00. The molecule has 0 aliphatic rings. The van der Waals surface area contributed by atoms with E-state index in [0.29, 0.717) is 31.6 Å². The first-order valence-corrected chi connectivity index (χ1v) is 39.4. The quantitative estimate of drug-likeness (QED) is 0.0222. The Bertz CT molecular complexity index is 1750. The van der Waals surface area contributed by atoms with Crippen LogP contribution >= 0.6 is 15.6 Å². The van der Waals surface area contributed by atoms with Crippen molar-refractivity contribution in [2.24, 2.45) is 17.8 Å². The molecule has 0 spiro atoms. The third-order valence-corrected chi connectivity index (χ3v) is 18.4. The average Bonchev–Trinajstić information content (AvgIpc) is 3.66. The molecule has 0 fully saturated rings. The summed E-state index contributed by atoms with van der Waals surface area (Å²) in [5.74, 6) is 0.0931. The molecule has 0 aromatic heterocycles. The highest BCUT2D eigenvalue weighted by Gasteiger charge is 2.30. The number of aliphatic hydroxyl groups is 1. The fourth-order valence-electron chi connectivity index (χ4n) is 10.5. The molecule has 0 aliphatic carbocycles. The summed E-state index contributed by atoms with van der Waals surface area (Å²) in [6.07, 6.45) is 44.5. The number of ether oxygens (including phenoxy) is 4. The third-order valence-electron chi connectivity index (χ3n) is 16.5. The Labute approximate surface area is 543 Å². The minimum absolute atomic E-state index is 0.102. The van der Waals surface area contributed by atoms with E-state index in [-0.39, 0.29) is 25.7 Å². The van der Waals surface area contributed by atoms with Crippen LogP contribution in [0.4, 0.5) is 0 Å².